The van der Waals surface area contributed by atoms with Gasteiger partial charge in [0.05, 0.1) is 23.8 Å². The van der Waals surface area contributed by atoms with Gasteiger partial charge in [-0.1, -0.05) is 23.4 Å². The molecule has 1 aromatic carbocycles. The van der Waals surface area contributed by atoms with Crippen molar-refractivity contribution in [3.63, 3.8) is 0 Å². The molecular formula is C21H25N7. The number of anilines is 1. The average Bonchev–Trinajstić information content (AvgIpc) is 3.15. The summed E-state index contributed by atoms with van der Waals surface area (Å²) >= 11 is 0. The molecule has 0 aliphatic carbocycles. The standard InChI is InChI=1S/C21H25N7/c1-26-9-7-16(8-10-26)13-28-15-19(24-25-28)14-27(2)21-18(12-22)11-17-5-3-4-6-20(17)23-21/h3-6,11,15-16H,7-10,13-14H2,1-2H3. The zero-order valence-electron chi connectivity index (χ0n) is 16.4. The van der Waals surface area contributed by atoms with E-state index in [2.05, 4.69) is 28.3 Å². The van der Waals surface area contributed by atoms with Crippen LogP contribution in [0.3, 0.4) is 0 Å². The van der Waals surface area contributed by atoms with Gasteiger partial charge in [0.25, 0.3) is 0 Å². The molecule has 0 atom stereocenters. The summed E-state index contributed by atoms with van der Waals surface area (Å²) in [5.74, 6) is 1.34. The molecule has 1 aliphatic rings. The second-order valence-corrected chi connectivity index (χ2v) is 7.70. The van der Waals surface area contributed by atoms with Gasteiger partial charge in [0.2, 0.25) is 0 Å². The third kappa shape index (κ3) is 3.97. The van der Waals surface area contributed by atoms with E-state index in [0.29, 0.717) is 23.8 Å². The van der Waals surface area contributed by atoms with Crippen LogP contribution < -0.4 is 4.90 Å². The third-order valence-electron chi connectivity index (χ3n) is 5.45. The predicted octanol–water partition coefficient (Wildman–Crippen LogP) is 2.68. The van der Waals surface area contributed by atoms with Crippen LogP contribution in [0.15, 0.2) is 36.5 Å². The fourth-order valence-electron chi connectivity index (χ4n) is 3.81. The van der Waals surface area contributed by atoms with Gasteiger partial charge in [0.1, 0.15) is 17.6 Å². The fraction of sp³-hybridized carbons (Fsp3) is 0.429. The lowest BCUT2D eigenvalue weighted by Crippen LogP contribution is -2.32. The van der Waals surface area contributed by atoms with Gasteiger partial charge in [0.15, 0.2) is 0 Å². The zero-order chi connectivity index (χ0) is 19.5. The quantitative estimate of drug-likeness (QED) is 0.683. The Balaban J connectivity index is 1.47. The van der Waals surface area contributed by atoms with Crippen LogP contribution in [0.4, 0.5) is 5.82 Å². The van der Waals surface area contributed by atoms with Crippen LogP contribution in [0.25, 0.3) is 10.9 Å². The van der Waals surface area contributed by atoms with Crippen molar-refractivity contribution in [1.29, 1.82) is 5.26 Å². The molecule has 28 heavy (non-hydrogen) atoms. The first kappa shape index (κ1) is 18.4. The summed E-state index contributed by atoms with van der Waals surface area (Å²) in [4.78, 5) is 9.04. The zero-order valence-corrected chi connectivity index (χ0v) is 16.4. The van der Waals surface area contributed by atoms with Gasteiger partial charge >= 0.3 is 0 Å². The molecule has 7 heteroatoms. The molecule has 1 fully saturated rings. The van der Waals surface area contributed by atoms with Crippen LogP contribution in [-0.4, -0.2) is 52.1 Å². The van der Waals surface area contributed by atoms with Gasteiger partial charge in [-0.05, 0) is 51.0 Å². The lowest BCUT2D eigenvalue weighted by Gasteiger charge is -2.28. The number of hydrogen-bond donors (Lipinski definition) is 0. The normalized spacial score (nSPS) is 15.6. The molecule has 0 unspecified atom stereocenters. The summed E-state index contributed by atoms with van der Waals surface area (Å²) in [6, 6.07) is 12.0. The molecule has 3 heterocycles. The Kier molecular flexibility index (Phi) is 5.22. The topological polar surface area (TPSA) is 73.9 Å². The van der Waals surface area contributed by atoms with Crippen LogP contribution in [0.2, 0.25) is 0 Å². The van der Waals surface area contributed by atoms with Gasteiger partial charge in [-0.25, -0.2) is 4.98 Å². The highest BCUT2D eigenvalue weighted by molar-refractivity contribution is 5.83. The van der Waals surface area contributed by atoms with Gasteiger partial charge in [-0.15, -0.1) is 5.10 Å². The molecule has 4 rings (SSSR count). The summed E-state index contributed by atoms with van der Waals surface area (Å²) in [6.07, 6.45) is 4.43. The Morgan fingerprint density at radius 1 is 1.25 bits per heavy atom. The molecule has 0 bridgehead atoms. The van der Waals surface area contributed by atoms with E-state index >= 15 is 0 Å². The van der Waals surface area contributed by atoms with E-state index in [9.17, 15) is 5.26 Å². The lowest BCUT2D eigenvalue weighted by atomic mass is 9.97. The number of nitriles is 1. The number of likely N-dealkylation sites (tertiary alicyclic amines) is 1. The minimum absolute atomic E-state index is 0.563. The molecule has 7 nitrogen and oxygen atoms in total. The van der Waals surface area contributed by atoms with Crippen molar-refractivity contribution in [3.8, 4) is 6.07 Å². The van der Waals surface area contributed by atoms with E-state index in [0.717, 1.165) is 36.2 Å². The number of pyridine rings is 1. The first-order valence-corrected chi connectivity index (χ1v) is 9.71. The van der Waals surface area contributed by atoms with Crippen LogP contribution in [0.5, 0.6) is 0 Å². The highest BCUT2D eigenvalue weighted by atomic mass is 15.4. The van der Waals surface area contributed by atoms with E-state index in [1.165, 1.54) is 12.8 Å². The average molecular weight is 375 g/mol. The van der Waals surface area contributed by atoms with E-state index < -0.39 is 0 Å². The van der Waals surface area contributed by atoms with Crippen molar-refractivity contribution in [2.45, 2.75) is 25.9 Å². The van der Waals surface area contributed by atoms with Crippen LogP contribution in [-0.2, 0) is 13.1 Å². The highest BCUT2D eigenvalue weighted by Gasteiger charge is 2.18. The van der Waals surface area contributed by atoms with Gasteiger partial charge in [0, 0.05) is 19.0 Å². The summed E-state index contributed by atoms with van der Waals surface area (Å²) in [7, 11) is 4.11. The van der Waals surface area contributed by atoms with Crippen LogP contribution >= 0.6 is 0 Å². The maximum absolute atomic E-state index is 9.55. The van der Waals surface area contributed by atoms with Crippen molar-refractivity contribution in [1.82, 2.24) is 24.9 Å². The smallest absolute Gasteiger partial charge is 0.147 e. The fourth-order valence-corrected chi connectivity index (χ4v) is 3.81. The first-order chi connectivity index (χ1) is 13.6. The monoisotopic (exact) mass is 375 g/mol. The molecule has 0 saturated carbocycles. The van der Waals surface area contributed by atoms with Crippen molar-refractivity contribution in [2.24, 2.45) is 5.92 Å². The molecule has 144 valence electrons. The summed E-state index contributed by atoms with van der Waals surface area (Å²) in [5.41, 5.74) is 2.34. The van der Waals surface area contributed by atoms with Gasteiger partial charge in [-0.3, -0.25) is 4.68 Å². The van der Waals surface area contributed by atoms with Crippen molar-refractivity contribution >= 4 is 16.7 Å². The van der Waals surface area contributed by atoms with Crippen molar-refractivity contribution < 1.29 is 0 Å². The number of rotatable bonds is 5. The molecule has 0 amide bonds. The van der Waals surface area contributed by atoms with E-state index in [-0.39, 0.29) is 0 Å². The number of piperidine rings is 1. The predicted molar refractivity (Wildman–Crippen MR) is 109 cm³/mol. The van der Waals surface area contributed by atoms with Crippen molar-refractivity contribution in [2.75, 3.05) is 32.1 Å². The number of aromatic nitrogens is 4. The molecule has 3 aromatic rings. The maximum atomic E-state index is 9.55. The molecule has 0 radical (unpaired) electrons. The number of nitrogens with zero attached hydrogens (tertiary/aromatic N) is 7. The Morgan fingerprint density at radius 2 is 2.04 bits per heavy atom. The SMILES string of the molecule is CN1CCC(Cn2cc(CN(C)c3nc4ccccc4cc3C#N)nn2)CC1. The number of fused-ring (bicyclic) bond motifs is 1. The summed E-state index contributed by atoms with van der Waals surface area (Å²) in [6.45, 7) is 3.79. The highest BCUT2D eigenvalue weighted by Crippen LogP contribution is 2.23. The van der Waals surface area contributed by atoms with Gasteiger partial charge < -0.3 is 9.80 Å². The number of para-hydroxylation sites is 1. The van der Waals surface area contributed by atoms with E-state index in [1.807, 2.05) is 53.2 Å². The molecule has 0 spiro atoms. The van der Waals surface area contributed by atoms with Crippen LogP contribution in [0.1, 0.15) is 24.1 Å². The summed E-state index contributed by atoms with van der Waals surface area (Å²) < 4.78 is 1.96. The van der Waals surface area contributed by atoms with E-state index in [1.54, 1.807) is 0 Å². The van der Waals surface area contributed by atoms with Crippen molar-refractivity contribution in [3.05, 3.63) is 47.8 Å². The molecule has 1 saturated heterocycles. The number of benzene rings is 1. The molecule has 0 N–H and O–H groups in total. The minimum Gasteiger partial charge on any atom is -0.353 e. The lowest BCUT2D eigenvalue weighted by molar-refractivity contribution is 0.200. The second-order valence-electron chi connectivity index (χ2n) is 7.70. The number of hydrogen-bond acceptors (Lipinski definition) is 6. The third-order valence-corrected chi connectivity index (χ3v) is 5.45. The molecule has 2 aromatic heterocycles. The van der Waals surface area contributed by atoms with Gasteiger partial charge in [-0.2, -0.15) is 5.26 Å². The second kappa shape index (κ2) is 7.95. The minimum atomic E-state index is 0.563. The van der Waals surface area contributed by atoms with E-state index in [4.69, 9.17) is 4.98 Å². The van der Waals surface area contributed by atoms with Crippen LogP contribution in [0, 0.1) is 17.2 Å². The Labute approximate surface area is 165 Å². The molecular weight excluding hydrogens is 350 g/mol. The first-order valence-electron chi connectivity index (χ1n) is 9.71. The Morgan fingerprint density at radius 3 is 2.82 bits per heavy atom. The largest absolute Gasteiger partial charge is 0.353 e. The maximum Gasteiger partial charge on any atom is 0.147 e. The Bertz CT molecular complexity index is 995. The molecule has 1 aliphatic heterocycles. The Hall–Kier alpha value is -2.98. The summed E-state index contributed by atoms with van der Waals surface area (Å²) in [5, 5.41) is 19.2.